The normalized spacial score (nSPS) is 46.5. The highest BCUT2D eigenvalue weighted by Gasteiger charge is 2.56. The lowest BCUT2D eigenvalue weighted by molar-refractivity contribution is -0.0693. The van der Waals surface area contributed by atoms with Gasteiger partial charge in [-0.2, -0.15) is 0 Å². The maximum absolute atomic E-state index is 13.8. The van der Waals surface area contributed by atoms with Gasteiger partial charge in [-0.3, -0.25) is 0 Å². The van der Waals surface area contributed by atoms with Crippen molar-refractivity contribution in [2.24, 2.45) is 29.1 Å². The number of aliphatic hydroxyl groups excluding tert-OH is 1. The van der Waals surface area contributed by atoms with Crippen molar-refractivity contribution in [3.63, 3.8) is 0 Å². The van der Waals surface area contributed by atoms with Gasteiger partial charge >= 0.3 is 0 Å². The van der Waals surface area contributed by atoms with E-state index in [4.69, 9.17) is 0 Å². The van der Waals surface area contributed by atoms with Crippen LogP contribution >= 0.6 is 0 Å². The number of unbranched alkanes of at least 4 members (excludes halogenated alkanes) is 1. The van der Waals surface area contributed by atoms with Crippen LogP contribution in [0.3, 0.4) is 0 Å². The summed E-state index contributed by atoms with van der Waals surface area (Å²) in [6.45, 7) is 6.41. The van der Waals surface area contributed by atoms with Gasteiger partial charge in [0.25, 0.3) is 0 Å². The molecule has 2 saturated carbocycles. The van der Waals surface area contributed by atoms with E-state index in [2.05, 4.69) is 20.8 Å². The molecule has 0 bridgehead atoms. The molecule has 2 aliphatic carbocycles. The van der Waals surface area contributed by atoms with E-state index in [1.54, 1.807) is 0 Å². The van der Waals surface area contributed by atoms with E-state index in [0.29, 0.717) is 25.2 Å². The lowest BCUT2D eigenvalue weighted by Gasteiger charge is -2.47. The summed E-state index contributed by atoms with van der Waals surface area (Å²) in [6.07, 6.45) is 7.49. The first-order valence-corrected chi connectivity index (χ1v) is 13.5. The van der Waals surface area contributed by atoms with Crippen molar-refractivity contribution in [1.29, 1.82) is 0 Å². The van der Waals surface area contributed by atoms with Crippen molar-refractivity contribution >= 4 is 9.84 Å². The molecule has 1 heterocycles. The summed E-state index contributed by atoms with van der Waals surface area (Å²) in [5, 5.41) is 11.5. The van der Waals surface area contributed by atoms with Crippen molar-refractivity contribution < 1.29 is 17.9 Å². The fourth-order valence-electron chi connectivity index (χ4n) is 6.79. The van der Waals surface area contributed by atoms with Crippen LogP contribution in [-0.4, -0.2) is 36.8 Å². The zero-order valence-corrected chi connectivity index (χ0v) is 18.9. The van der Waals surface area contributed by atoms with E-state index in [9.17, 15) is 17.9 Å². The van der Waals surface area contributed by atoms with Gasteiger partial charge in [-0.15, -0.1) is 0 Å². The minimum Gasteiger partial charge on any atom is -0.392 e. The lowest BCUT2D eigenvalue weighted by Crippen LogP contribution is -2.48. The van der Waals surface area contributed by atoms with Crippen molar-refractivity contribution in [2.45, 2.75) is 109 Å². The van der Waals surface area contributed by atoms with Gasteiger partial charge < -0.3 is 5.11 Å². The minimum absolute atomic E-state index is 0.00864. The standard InChI is InChI=1S/C23H41FO3S/c1-4-6-13-23(5-2)15-28(26,27)20-12-7-16(3)14-19(20)21(22(23)25)17-8-10-18(24)11-9-17/h16-22,25H,4-15H2,1-3H3/t16?,17?,18?,19?,20?,21-,22?,23+/m0/s1. The van der Waals surface area contributed by atoms with E-state index in [1.165, 1.54) is 0 Å². The van der Waals surface area contributed by atoms with Crippen molar-refractivity contribution in [3.05, 3.63) is 0 Å². The Bertz CT molecular complexity index is 613. The third-order valence-corrected chi connectivity index (χ3v) is 11.0. The number of halogens is 1. The Hall–Kier alpha value is -0.160. The molecule has 0 spiro atoms. The molecule has 164 valence electrons. The first-order valence-electron chi connectivity index (χ1n) is 11.8. The molecule has 0 aromatic carbocycles. The second-order valence-electron chi connectivity index (χ2n) is 10.3. The fourth-order valence-corrected chi connectivity index (χ4v) is 9.65. The zero-order chi connectivity index (χ0) is 20.5. The van der Waals surface area contributed by atoms with E-state index in [0.717, 1.165) is 51.4 Å². The van der Waals surface area contributed by atoms with Crippen LogP contribution in [0.2, 0.25) is 0 Å². The van der Waals surface area contributed by atoms with Crippen LogP contribution in [0.4, 0.5) is 4.39 Å². The van der Waals surface area contributed by atoms with Gasteiger partial charge in [-0.1, -0.05) is 33.6 Å². The monoisotopic (exact) mass is 416 g/mol. The van der Waals surface area contributed by atoms with Crippen LogP contribution in [0.25, 0.3) is 0 Å². The molecule has 4 unspecified atom stereocenters. The number of hydrogen-bond donors (Lipinski definition) is 1. The average molecular weight is 417 g/mol. The molecule has 3 aliphatic rings. The van der Waals surface area contributed by atoms with Crippen LogP contribution in [0, 0.1) is 29.1 Å². The third kappa shape index (κ3) is 4.31. The maximum atomic E-state index is 13.8. The molecule has 6 atom stereocenters. The Kier molecular flexibility index (Phi) is 7.17. The summed E-state index contributed by atoms with van der Waals surface area (Å²) in [5.74, 6) is 0.964. The number of rotatable bonds is 5. The predicted molar refractivity (Wildman–Crippen MR) is 113 cm³/mol. The first-order chi connectivity index (χ1) is 13.2. The van der Waals surface area contributed by atoms with Gasteiger partial charge in [-0.25, -0.2) is 12.8 Å². The maximum Gasteiger partial charge on any atom is 0.154 e. The number of hydrogen-bond acceptors (Lipinski definition) is 3. The highest BCUT2D eigenvalue weighted by Crippen LogP contribution is 2.53. The Morgan fingerprint density at radius 2 is 1.75 bits per heavy atom. The molecule has 0 aromatic rings. The molecule has 1 aliphatic heterocycles. The Morgan fingerprint density at radius 3 is 2.36 bits per heavy atom. The van der Waals surface area contributed by atoms with E-state index >= 15 is 0 Å². The number of aliphatic hydroxyl groups is 1. The van der Waals surface area contributed by atoms with Crippen LogP contribution in [0.1, 0.15) is 91.4 Å². The van der Waals surface area contributed by atoms with Crippen LogP contribution < -0.4 is 0 Å². The summed E-state index contributed by atoms with van der Waals surface area (Å²) in [4.78, 5) is 0. The summed E-state index contributed by atoms with van der Waals surface area (Å²) in [5.41, 5.74) is -0.535. The fraction of sp³-hybridized carbons (Fsp3) is 1.00. The van der Waals surface area contributed by atoms with E-state index < -0.39 is 27.5 Å². The average Bonchev–Trinajstić information content (AvgIpc) is 2.72. The van der Waals surface area contributed by atoms with Gasteiger partial charge in [-0.05, 0) is 81.5 Å². The molecule has 1 N–H and O–H groups in total. The number of alkyl halides is 1. The largest absolute Gasteiger partial charge is 0.392 e. The molecule has 3 nitrogen and oxygen atoms in total. The minimum atomic E-state index is -3.24. The second kappa shape index (κ2) is 8.91. The zero-order valence-electron chi connectivity index (χ0n) is 18.1. The molecule has 5 heteroatoms. The van der Waals surface area contributed by atoms with Crippen LogP contribution in [0.5, 0.6) is 0 Å². The van der Waals surface area contributed by atoms with E-state index in [-0.39, 0.29) is 28.8 Å². The summed E-state index contributed by atoms with van der Waals surface area (Å²) >= 11 is 0. The Balaban J connectivity index is 2.03. The first kappa shape index (κ1) is 22.5. The third-order valence-electron chi connectivity index (χ3n) is 8.51. The van der Waals surface area contributed by atoms with Gasteiger partial charge in [0.1, 0.15) is 6.17 Å². The number of fused-ring (bicyclic) bond motifs is 1. The molecule has 3 rings (SSSR count). The van der Waals surface area contributed by atoms with Crippen molar-refractivity contribution in [2.75, 3.05) is 5.75 Å². The topological polar surface area (TPSA) is 54.4 Å². The van der Waals surface area contributed by atoms with Crippen LogP contribution in [-0.2, 0) is 9.84 Å². The quantitative estimate of drug-likeness (QED) is 0.660. The van der Waals surface area contributed by atoms with Gasteiger partial charge in [0.2, 0.25) is 0 Å². The summed E-state index contributed by atoms with van der Waals surface area (Å²) in [7, 11) is -3.24. The molecule has 0 aromatic heterocycles. The molecule has 28 heavy (non-hydrogen) atoms. The van der Waals surface area contributed by atoms with Gasteiger partial charge in [0.15, 0.2) is 9.84 Å². The molecular formula is C23H41FO3S. The van der Waals surface area contributed by atoms with Crippen molar-refractivity contribution in [1.82, 2.24) is 0 Å². The van der Waals surface area contributed by atoms with Crippen LogP contribution in [0.15, 0.2) is 0 Å². The highest BCUT2D eigenvalue weighted by molar-refractivity contribution is 7.92. The Labute approximate surface area is 171 Å². The highest BCUT2D eigenvalue weighted by atomic mass is 32.2. The SMILES string of the molecule is CCCC[C@]1(CC)CS(=O)(=O)C2CCC(C)CC2[C@H](C2CCC(F)CC2)C1O. The Morgan fingerprint density at radius 1 is 1.07 bits per heavy atom. The molecule has 0 amide bonds. The van der Waals surface area contributed by atoms with Gasteiger partial charge in [0.05, 0.1) is 17.1 Å². The number of sulfone groups is 1. The smallest absolute Gasteiger partial charge is 0.154 e. The van der Waals surface area contributed by atoms with E-state index in [1.807, 2.05) is 0 Å². The molecule has 1 saturated heterocycles. The predicted octanol–water partition coefficient (Wildman–Crippen LogP) is 5.31. The van der Waals surface area contributed by atoms with Crippen molar-refractivity contribution in [3.8, 4) is 0 Å². The summed E-state index contributed by atoms with van der Waals surface area (Å²) in [6, 6.07) is 0. The second-order valence-corrected chi connectivity index (χ2v) is 12.5. The lowest BCUT2D eigenvalue weighted by atomic mass is 9.60. The molecular weight excluding hydrogens is 375 g/mol. The summed E-state index contributed by atoms with van der Waals surface area (Å²) < 4.78 is 40.9. The van der Waals surface area contributed by atoms with Gasteiger partial charge in [0, 0.05) is 5.41 Å². The molecule has 3 fully saturated rings. The molecule has 0 radical (unpaired) electrons.